The summed E-state index contributed by atoms with van der Waals surface area (Å²) in [5, 5.41) is 22.3. The van der Waals surface area contributed by atoms with E-state index in [2.05, 4.69) is 20.3 Å². The first-order valence-corrected chi connectivity index (χ1v) is 13.2. The number of nitrogens with one attached hydrogen (secondary N) is 1. The van der Waals surface area contributed by atoms with Crippen molar-refractivity contribution in [2.45, 2.75) is 99.7 Å². The molecule has 9 nitrogen and oxygen atoms in total. The Hall–Kier alpha value is -2.41. The summed E-state index contributed by atoms with van der Waals surface area (Å²) in [6.07, 6.45) is -3.71. The van der Waals surface area contributed by atoms with Gasteiger partial charge in [0.1, 0.15) is 11.4 Å². The maximum absolute atomic E-state index is 13.1. The van der Waals surface area contributed by atoms with E-state index in [1.165, 1.54) is 0 Å². The first-order chi connectivity index (χ1) is 18.1. The molecule has 3 aliphatic heterocycles. The summed E-state index contributed by atoms with van der Waals surface area (Å²) in [5.74, 6) is 0.460. The van der Waals surface area contributed by atoms with Crippen molar-refractivity contribution < 1.29 is 41.7 Å². The fourth-order valence-corrected chi connectivity index (χ4v) is 6.14. The standard InChI is InChI=1S/C25H27ClF3N3O6/c26-13-3-4-18-15(10-13)17(33)11-20(35-18)21(34)30-16-5-7-24(6-1-2-19(16)38-24)23-32-31-22(36-23)12-8-14(9-12)37-25(27,28)29/h3-4,10,12,14,16-17,19-20,33H,1-2,5-9,11H2,(H,30,34)/t12?,14?,16?,17-,19?,20-,24?/m1/s1. The van der Waals surface area contributed by atoms with Crippen LogP contribution in [0.3, 0.4) is 0 Å². The van der Waals surface area contributed by atoms with Gasteiger partial charge in [0, 0.05) is 22.9 Å². The van der Waals surface area contributed by atoms with Gasteiger partial charge in [-0.15, -0.1) is 23.4 Å². The van der Waals surface area contributed by atoms with Gasteiger partial charge in [0.2, 0.25) is 11.8 Å². The van der Waals surface area contributed by atoms with E-state index in [4.69, 9.17) is 25.5 Å². The molecule has 4 aliphatic rings. The number of nitrogens with zero attached hydrogens (tertiary/aromatic N) is 2. The molecule has 2 N–H and O–H groups in total. The number of ether oxygens (including phenoxy) is 3. The van der Waals surface area contributed by atoms with Crippen molar-refractivity contribution in [3.63, 3.8) is 0 Å². The minimum atomic E-state index is -4.66. The van der Waals surface area contributed by atoms with E-state index in [9.17, 15) is 23.1 Å². The normalized spacial score (nSPS) is 34.6. The van der Waals surface area contributed by atoms with E-state index in [-0.39, 0.29) is 43.2 Å². The molecule has 1 aliphatic carbocycles. The van der Waals surface area contributed by atoms with Gasteiger partial charge in [-0.2, -0.15) is 0 Å². The number of rotatable bonds is 5. The molecule has 206 valence electrons. The van der Waals surface area contributed by atoms with Crippen LogP contribution >= 0.6 is 11.6 Å². The fraction of sp³-hybridized carbons (Fsp3) is 0.640. The van der Waals surface area contributed by atoms with Crippen LogP contribution in [0.15, 0.2) is 22.6 Å². The summed E-state index contributed by atoms with van der Waals surface area (Å²) in [7, 11) is 0. The highest BCUT2D eigenvalue weighted by atomic mass is 35.5. The van der Waals surface area contributed by atoms with E-state index in [0.717, 1.165) is 12.8 Å². The largest absolute Gasteiger partial charge is 0.522 e. The number of carbonyl (C=O) groups is 1. The smallest absolute Gasteiger partial charge is 0.480 e. The second-order valence-electron chi connectivity index (χ2n) is 10.5. The minimum Gasteiger partial charge on any atom is -0.480 e. The van der Waals surface area contributed by atoms with Gasteiger partial charge < -0.3 is 24.3 Å². The molecule has 2 aromatic rings. The molecule has 1 amide bonds. The Balaban J connectivity index is 1.07. The molecule has 38 heavy (non-hydrogen) atoms. The number of fused-ring (bicyclic) bond motifs is 3. The zero-order valence-electron chi connectivity index (χ0n) is 20.2. The number of aromatic nitrogens is 2. The predicted molar refractivity (Wildman–Crippen MR) is 124 cm³/mol. The monoisotopic (exact) mass is 557 g/mol. The molecule has 13 heteroatoms. The van der Waals surface area contributed by atoms with Crippen LogP contribution in [0.4, 0.5) is 13.2 Å². The van der Waals surface area contributed by atoms with Crippen molar-refractivity contribution in [3.8, 4) is 5.75 Å². The SMILES string of the molecule is O=C(NC1CCC2(c3nnc(C4CC(OC(F)(F)F)C4)o3)CCCC1O2)[C@H]1C[C@@H](O)c2cc(Cl)ccc2O1. The first kappa shape index (κ1) is 25.8. The summed E-state index contributed by atoms with van der Waals surface area (Å²) in [4.78, 5) is 13.1. The van der Waals surface area contributed by atoms with Crippen molar-refractivity contribution in [3.05, 3.63) is 40.6 Å². The summed E-state index contributed by atoms with van der Waals surface area (Å²) in [5.41, 5.74) is -0.222. The lowest BCUT2D eigenvalue weighted by atomic mass is 9.79. The molecule has 6 rings (SSSR count). The van der Waals surface area contributed by atoms with Crippen LogP contribution < -0.4 is 10.1 Å². The number of aliphatic hydroxyl groups is 1. The van der Waals surface area contributed by atoms with Crippen molar-refractivity contribution in [2.75, 3.05) is 0 Å². The number of hydrogen-bond acceptors (Lipinski definition) is 8. The molecule has 4 heterocycles. The topological polar surface area (TPSA) is 116 Å². The first-order valence-electron chi connectivity index (χ1n) is 12.8. The van der Waals surface area contributed by atoms with Crippen LogP contribution in [0.25, 0.3) is 0 Å². The molecule has 2 bridgehead atoms. The van der Waals surface area contributed by atoms with Gasteiger partial charge >= 0.3 is 6.36 Å². The third kappa shape index (κ3) is 4.99. The molecule has 0 radical (unpaired) electrons. The van der Waals surface area contributed by atoms with Crippen LogP contribution in [0, 0.1) is 0 Å². The zero-order valence-corrected chi connectivity index (χ0v) is 21.0. The minimum absolute atomic E-state index is 0.113. The number of benzene rings is 1. The Morgan fingerprint density at radius 3 is 2.79 bits per heavy atom. The number of amides is 1. The predicted octanol–water partition coefficient (Wildman–Crippen LogP) is 4.43. The summed E-state index contributed by atoms with van der Waals surface area (Å²) in [6, 6.07) is 4.67. The van der Waals surface area contributed by atoms with Crippen molar-refractivity contribution in [2.24, 2.45) is 0 Å². The lowest BCUT2D eigenvalue weighted by Gasteiger charge is -2.47. The maximum Gasteiger partial charge on any atom is 0.522 e. The number of alkyl halides is 3. The molecule has 3 fully saturated rings. The molecule has 5 atom stereocenters. The number of hydrogen-bond donors (Lipinski definition) is 2. The Morgan fingerprint density at radius 1 is 1.18 bits per heavy atom. The summed E-state index contributed by atoms with van der Waals surface area (Å²) in [6.45, 7) is 0. The lowest BCUT2D eigenvalue weighted by Crippen LogP contribution is -2.57. The fourth-order valence-electron chi connectivity index (χ4n) is 5.96. The van der Waals surface area contributed by atoms with Crippen molar-refractivity contribution >= 4 is 17.5 Å². The maximum atomic E-state index is 13.1. The Bertz CT molecular complexity index is 1210. The molecular formula is C25H27ClF3N3O6. The van der Waals surface area contributed by atoms with Crippen LogP contribution in [-0.4, -0.2) is 51.9 Å². The van der Waals surface area contributed by atoms with Crippen molar-refractivity contribution in [1.29, 1.82) is 0 Å². The summed E-state index contributed by atoms with van der Waals surface area (Å²) < 4.78 is 59.5. The van der Waals surface area contributed by atoms with E-state index in [1.807, 2.05) is 0 Å². The lowest BCUT2D eigenvalue weighted by molar-refractivity contribution is -0.352. The molecule has 1 saturated carbocycles. The van der Waals surface area contributed by atoms with Gasteiger partial charge in [-0.05, 0) is 63.1 Å². The highest BCUT2D eigenvalue weighted by molar-refractivity contribution is 6.30. The van der Waals surface area contributed by atoms with E-state index >= 15 is 0 Å². The molecule has 3 unspecified atom stereocenters. The molecule has 1 aromatic heterocycles. The van der Waals surface area contributed by atoms with E-state index in [1.54, 1.807) is 18.2 Å². The Kier molecular flexibility index (Phi) is 6.56. The highest BCUT2D eigenvalue weighted by Crippen LogP contribution is 2.48. The Labute approximate surface area is 221 Å². The second-order valence-corrected chi connectivity index (χ2v) is 11.0. The van der Waals surface area contributed by atoms with E-state index < -0.39 is 30.3 Å². The van der Waals surface area contributed by atoms with Gasteiger partial charge in [-0.25, -0.2) is 0 Å². The number of carbonyl (C=O) groups excluding carboxylic acids is 1. The second kappa shape index (κ2) is 9.65. The molecule has 0 spiro atoms. The third-order valence-electron chi connectivity index (χ3n) is 7.99. The molecule has 2 saturated heterocycles. The van der Waals surface area contributed by atoms with Gasteiger partial charge in [-0.3, -0.25) is 9.53 Å². The molecular weight excluding hydrogens is 531 g/mol. The van der Waals surface area contributed by atoms with Gasteiger partial charge in [0.25, 0.3) is 5.91 Å². The van der Waals surface area contributed by atoms with Gasteiger partial charge in [0.05, 0.1) is 24.4 Å². The average Bonchev–Trinajstić information content (AvgIpc) is 3.33. The molecule has 1 aromatic carbocycles. The Morgan fingerprint density at radius 2 is 2.00 bits per heavy atom. The summed E-state index contributed by atoms with van der Waals surface area (Å²) >= 11 is 6.01. The highest BCUT2D eigenvalue weighted by Gasteiger charge is 2.51. The zero-order chi connectivity index (χ0) is 26.7. The average molecular weight is 558 g/mol. The van der Waals surface area contributed by atoms with Crippen LogP contribution in [0.1, 0.15) is 80.7 Å². The van der Waals surface area contributed by atoms with Gasteiger partial charge in [-0.1, -0.05) is 11.6 Å². The van der Waals surface area contributed by atoms with Crippen LogP contribution in [0.2, 0.25) is 5.02 Å². The van der Waals surface area contributed by atoms with Crippen LogP contribution in [-0.2, 0) is 19.9 Å². The quantitative estimate of drug-likeness (QED) is 0.554. The van der Waals surface area contributed by atoms with Crippen LogP contribution in [0.5, 0.6) is 5.75 Å². The number of aliphatic hydroxyl groups excluding tert-OH is 1. The van der Waals surface area contributed by atoms with Crippen molar-refractivity contribution in [1.82, 2.24) is 15.5 Å². The van der Waals surface area contributed by atoms with Gasteiger partial charge in [0.15, 0.2) is 6.10 Å². The third-order valence-corrected chi connectivity index (χ3v) is 8.22. The van der Waals surface area contributed by atoms with E-state index in [0.29, 0.717) is 47.4 Å². The number of halogens is 4.